The number of carboxylic acid groups (broad SMARTS) is 2. The van der Waals surface area contributed by atoms with Gasteiger partial charge in [-0.2, -0.15) is 0 Å². The number of hydrogen-bond acceptors (Lipinski definition) is 3. The average Bonchev–Trinajstić information content (AvgIpc) is 2.18. The van der Waals surface area contributed by atoms with Crippen LogP contribution in [0.15, 0.2) is 0 Å². The van der Waals surface area contributed by atoms with Crippen molar-refractivity contribution >= 4 is 17.7 Å². The molecule has 0 aliphatic heterocycles. The van der Waals surface area contributed by atoms with Gasteiger partial charge in [0.2, 0.25) is 0 Å². The number of carbonyl (C=O) groups is 3. The molecule has 1 saturated carbocycles. The van der Waals surface area contributed by atoms with E-state index in [1.165, 1.54) is 6.42 Å². The van der Waals surface area contributed by atoms with E-state index >= 15 is 0 Å². The Morgan fingerprint density at radius 1 is 0.938 bits per heavy atom. The van der Waals surface area contributed by atoms with Gasteiger partial charge in [0.25, 0.3) is 0 Å². The molecule has 0 aromatic rings. The Bertz CT molecular complexity index is 225. The van der Waals surface area contributed by atoms with Crippen LogP contribution in [0.1, 0.15) is 51.4 Å². The van der Waals surface area contributed by atoms with Gasteiger partial charge in [0.05, 0.1) is 0 Å². The average molecular weight is 230 g/mol. The lowest BCUT2D eigenvalue weighted by molar-refractivity contribution is -0.138. The molecule has 0 bridgehead atoms. The van der Waals surface area contributed by atoms with E-state index in [0.29, 0.717) is 5.78 Å². The van der Waals surface area contributed by atoms with Gasteiger partial charge in [-0.05, 0) is 19.3 Å². The van der Waals surface area contributed by atoms with E-state index in [0.717, 1.165) is 25.7 Å². The summed E-state index contributed by atoms with van der Waals surface area (Å²) < 4.78 is 0. The maximum atomic E-state index is 10.5. The first-order valence-corrected chi connectivity index (χ1v) is 5.47. The van der Waals surface area contributed by atoms with Gasteiger partial charge in [-0.3, -0.25) is 14.4 Å². The van der Waals surface area contributed by atoms with Crippen LogP contribution in [0, 0.1) is 0 Å². The van der Waals surface area contributed by atoms with Crippen LogP contribution in [0.3, 0.4) is 0 Å². The third-order valence-corrected chi connectivity index (χ3v) is 2.19. The molecule has 0 aromatic carbocycles. The van der Waals surface area contributed by atoms with Crippen molar-refractivity contribution in [3.63, 3.8) is 0 Å². The molecule has 1 aliphatic carbocycles. The first-order valence-electron chi connectivity index (χ1n) is 5.47. The van der Waals surface area contributed by atoms with Crippen molar-refractivity contribution < 1.29 is 24.6 Å². The number of carbonyl (C=O) groups excluding carboxylic acids is 1. The summed E-state index contributed by atoms with van der Waals surface area (Å²) in [4.78, 5) is 30.0. The lowest BCUT2D eigenvalue weighted by Crippen LogP contribution is -2.02. The Morgan fingerprint density at radius 3 is 1.62 bits per heavy atom. The van der Waals surface area contributed by atoms with E-state index in [2.05, 4.69) is 0 Å². The molecule has 5 heteroatoms. The zero-order valence-electron chi connectivity index (χ0n) is 9.28. The fourth-order valence-corrected chi connectivity index (χ4v) is 1.34. The summed E-state index contributed by atoms with van der Waals surface area (Å²) in [5.74, 6) is -1.43. The van der Waals surface area contributed by atoms with Crippen LogP contribution in [0.25, 0.3) is 0 Å². The summed E-state index contributed by atoms with van der Waals surface area (Å²) in [6.45, 7) is 0. The van der Waals surface area contributed by atoms with E-state index < -0.39 is 11.9 Å². The second-order valence-electron chi connectivity index (χ2n) is 3.74. The lowest BCUT2D eigenvalue weighted by atomic mass is 10.00. The van der Waals surface area contributed by atoms with E-state index in [1.54, 1.807) is 0 Å². The Kier molecular flexibility index (Phi) is 8.11. The van der Waals surface area contributed by atoms with Gasteiger partial charge in [-0.1, -0.05) is 6.42 Å². The smallest absolute Gasteiger partial charge is 0.303 e. The minimum Gasteiger partial charge on any atom is -0.481 e. The molecular formula is C11H18O5. The fraction of sp³-hybridized carbons (Fsp3) is 0.727. The number of aliphatic carboxylic acids is 2. The molecule has 92 valence electrons. The zero-order valence-corrected chi connectivity index (χ0v) is 9.28. The Labute approximate surface area is 94.5 Å². The van der Waals surface area contributed by atoms with Crippen molar-refractivity contribution in [3.05, 3.63) is 0 Å². The Balaban J connectivity index is 0.000000288. The van der Waals surface area contributed by atoms with Gasteiger partial charge in [0.1, 0.15) is 5.78 Å². The van der Waals surface area contributed by atoms with E-state index in [4.69, 9.17) is 10.2 Å². The summed E-state index contributed by atoms with van der Waals surface area (Å²) in [7, 11) is 0. The van der Waals surface area contributed by atoms with Crippen LogP contribution in [-0.4, -0.2) is 27.9 Å². The molecule has 1 aliphatic rings. The molecule has 0 radical (unpaired) electrons. The molecule has 0 unspecified atom stereocenters. The number of Topliss-reactive ketones (excluding diaryl/α,β-unsaturated/α-hetero) is 1. The van der Waals surface area contributed by atoms with Crippen LogP contribution in [0.2, 0.25) is 0 Å². The number of ketones is 1. The third-order valence-electron chi connectivity index (χ3n) is 2.19. The summed E-state index contributed by atoms with van der Waals surface area (Å²) >= 11 is 0. The molecule has 0 atom stereocenters. The van der Waals surface area contributed by atoms with E-state index in [-0.39, 0.29) is 19.3 Å². The van der Waals surface area contributed by atoms with Gasteiger partial charge in [0, 0.05) is 25.7 Å². The highest BCUT2D eigenvalue weighted by Crippen LogP contribution is 2.12. The summed E-state index contributed by atoms with van der Waals surface area (Å²) in [6, 6.07) is 0. The molecule has 0 amide bonds. The monoisotopic (exact) mass is 230 g/mol. The van der Waals surface area contributed by atoms with Crippen molar-refractivity contribution in [2.75, 3.05) is 0 Å². The number of carboxylic acids is 2. The highest BCUT2D eigenvalue weighted by atomic mass is 16.4. The number of hydrogen-bond donors (Lipinski definition) is 2. The minimum absolute atomic E-state index is 0.0632. The van der Waals surface area contributed by atoms with E-state index in [9.17, 15) is 14.4 Å². The van der Waals surface area contributed by atoms with Crippen LogP contribution < -0.4 is 0 Å². The van der Waals surface area contributed by atoms with Crippen molar-refractivity contribution in [2.24, 2.45) is 0 Å². The molecule has 1 fully saturated rings. The first-order chi connectivity index (χ1) is 7.52. The predicted octanol–water partition coefficient (Wildman–Crippen LogP) is 1.85. The second-order valence-corrected chi connectivity index (χ2v) is 3.74. The number of rotatable bonds is 4. The van der Waals surface area contributed by atoms with Crippen LogP contribution in [-0.2, 0) is 14.4 Å². The maximum absolute atomic E-state index is 10.5. The Morgan fingerprint density at radius 2 is 1.38 bits per heavy atom. The molecule has 0 heterocycles. The summed E-state index contributed by atoms with van der Waals surface area (Å²) in [5.41, 5.74) is 0. The van der Waals surface area contributed by atoms with Crippen molar-refractivity contribution in [1.29, 1.82) is 0 Å². The largest absolute Gasteiger partial charge is 0.481 e. The quantitative estimate of drug-likeness (QED) is 0.768. The van der Waals surface area contributed by atoms with Crippen molar-refractivity contribution in [2.45, 2.75) is 51.4 Å². The molecule has 1 rings (SSSR count). The Hall–Kier alpha value is -1.39. The molecule has 5 nitrogen and oxygen atoms in total. The SMILES string of the molecule is O=C(O)CCCC(=O)O.O=C1CCCCC1. The minimum atomic E-state index is -0.948. The first kappa shape index (κ1) is 14.6. The molecule has 2 N–H and O–H groups in total. The van der Waals surface area contributed by atoms with Gasteiger partial charge < -0.3 is 10.2 Å². The maximum Gasteiger partial charge on any atom is 0.303 e. The van der Waals surface area contributed by atoms with Gasteiger partial charge in [0.15, 0.2) is 0 Å². The van der Waals surface area contributed by atoms with E-state index in [1.807, 2.05) is 0 Å². The predicted molar refractivity (Wildman–Crippen MR) is 57.2 cm³/mol. The molecule has 16 heavy (non-hydrogen) atoms. The van der Waals surface area contributed by atoms with Crippen molar-refractivity contribution in [1.82, 2.24) is 0 Å². The van der Waals surface area contributed by atoms with Crippen LogP contribution >= 0.6 is 0 Å². The second kappa shape index (κ2) is 8.88. The molecule has 0 aromatic heterocycles. The van der Waals surface area contributed by atoms with Crippen molar-refractivity contribution in [3.8, 4) is 0 Å². The molecule has 0 saturated heterocycles. The van der Waals surface area contributed by atoms with Crippen LogP contribution in [0.5, 0.6) is 0 Å². The topological polar surface area (TPSA) is 91.7 Å². The lowest BCUT2D eigenvalue weighted by Gasteiger charge is -2.05. The molecular weight excluding hydrogens is 212 g/mol. The summed E-state index contributed by atoms with van der Waals surface area (Å²) in [5, 5.41) is 16.1. The standard InChI is InChI=1S/C6H10O.C5H8O4/c7-6-4-2-1-3-5-6;6-4(7)2-1-3-5(8)9/h1-5H2;1-3H2,(H,6,7)(H,8,9). The van der Waals surface area contributed by atoms with Gasteiger partial charge >= 0.3 is 11.9 Å². The third kappa shape index (κ3) is 10.7. The highest BCUT2D eigenvalue weighted by Gasteiger charge is 2.06. The zero-order chi connectivity index (χ0) is 12.4. The highest BCUT2D eigenvalue weighted by molar-refractivity contribution is 5.78. The van der Waals surface area contributed by atoms with Crippen LogP contribution in [0.4, 0.5) is 0 Å². The summed E-state index contributed by atoms with van der Waals surface area (Å²) in [6.07, 6.45) is 5.33. The normalized spacial score (nSPS) is 14.9. The fourth-order valence-electron chi connectivity index (χ4n) is 1.34. The molecule has 0 spiro atoms. The van der Waals surface area contributed by atoms with Gasteiger partial charge in [-0.15, -0.1) is 0 Å². The van der Waals surface area contributed by atoms with Gasteiger partial charge in [-0.25, -0.2) is 0 Å².